The number of nitrogens with one attached hydrogen (secondary N) is 1. The van der Waals surface area contributed by atoms with Gasteiger partial charge in [-0.3, -0.25) is 4.79 Å². The number of rotatable bonds is 5. The van der Waals surface area contributed by atoms with Gasteiger partial charge >= 0.3 is 0 Å². The summed E-state index contributed by atoms with van der Waals surface area (Å²) in [5.74, 6) is -0.0650. The average Bonchev–Trinajstić information content (AvgIpc) is 2.28. The Labute approximate surface area is 95.5 Å². The Morgan fingerprint density at radius 3 is 2.81 bits per heavy atom. The van der Waals surface area contributed by atoms with Gasteiger partial charge in [-0.2, -0.15) is 0 Å². The van der Waals surface area contributed by atoms with E-state index in [2.05, 4.69) is 5.32 Å². The van der Waals surface area contributed by atoms with Gasteiger partial charge in [0.2, 0.25) is 5.91 Å². The lowest BCUT2D eigenvalue weighted by molar-refractivity contribution is -0.121. The van der Waals surface area contributed by atoms with Crippen LogP contribution >= 0.6 is 0 Å². The molecule has 0 saturated heterocycles. The quantitative estimate of drug-likeness (QED) is 0.642. The fourth-order valence-electron chi connectivity index (χ4n) is 1.40. The lowest BCUT2D eigenvalue weighted by atomic mass is 10.1. The predicted molar refractivity (Wildman–Crippen MR) is 63.9 cm³/mol. The Hall–Kier alpha value is -1.55. The molecule has 0 fully saturated rings. The van der Waals surface area contributed by atoms with Crippen molar-refractivity contribution in [2.24, 2.45) is 0 Å². The molecule has 0 bridgehead atoms. The van der Waals surface area contributed by atoms with Gasteiger partial charge in [-0.15, -0.1) is 0 Å². The summed E-state index contributed by atoms with van der Waals surface area (Å²) < 4.78 is 0. The van der Waals surface area contributed by atoms with Crippen molar-refractivity contribution in [1.29, 1.82) is 0 Å². The molecule has 0 spiro atoms. The van der Waals surface area contributed by atoms with Crippen LogP contribution in [0.15, 0.2) is 24.3 Å². The number of hydrogen-bond donors (Lipinski definition) is 3. The number of nitrogens with two attached hydrogens (primary N) is 1. The molecule has 16 heavy (non-hydrogen) atoms. The van der Waals surface area contributed by atoms with Gasteiger partial charge in [0.15, 0.2) is 0 Å². The zero-order valence-corrected chi connectivity index (χ0v) is 9.44. The molecule has 88 valence electrons. The minimum absolute atomic E-state index is 0.0424. The first-order valence-corrected chi connectivity index (χ1v) is 5.37. The van der Waals surface area contributed by atoms with Crippen molar-refractivity contribution in [3.8, 4) is 0 Å². The molecule has 1 rings (SSSR count). The Bertz CT molecular complexity index is 353. The lowest BCUT2D eigenvalue weighted by Gasteiger charge is -2.11. The highest BCUT2D eigenvalue weighted by Crippen LogP contribution is 2.12. The molecule has 0 aliphatic carbocycles. The molecule has 0 heterocycles. The predicted octanol–water partition coefficient (Wildman–Crippen LogP) is 0.698. The van der Waals surface area contributed by atoms with Crippen LogP contribution in [0.5, 0.6) is 0 Å². The van der Waals surface area contributed by atoms with Crippen LogP contribution < -0.4 is 11.1 Å². The van der Waals surface area contributed by atoms with E-state index in [-0.39, 0.29) is 18.6 Å². The van der Waals surface area contributed by atoms with Gasteiger partial charge in [0, 0.05) is 18.2 Å². The summed E-state index contributed by atoms with van der Waals surface area (Å²) in [5, 5.41) is 11.5. The van der Waals surface area contributed by atoms with Gasteiger partial charge in [-0.25, -0.2) is 0 Å². The first kappa shape index (κ1) is 12.5. The first-order valence-electron chi connectivity index (χ1n) is 5.37. The largest absolute Gasteiger partial charge is 0.399 e. The number of amides is 1. The maximum absolute atomic E-state index is 11.4. The molecule has 1 atom stereocenters. The number of benzene rings is 1. The highest BCUT2D eigenvalue weighted by atomic mass is 16.3. The summed E-state index contributed by atoms with van der Waals surface area (Å²) in [5.41, 5.74) is 7.46. The van der Waals surface area contributed by atoms with Crippen molar-refractivity contribution in [2.75, 3.05) is 12.3 Å². The van der Waals surface area contributed by atoms with Crippen molar-refractivity contribution in [1.82, 2.24) is 5.32 Å². The Morgan fingerprint density at radius 1 is 1.50 bits per heavy atom. The minimum atomic E-state index is -0.194. The van der Waals surface area contributed by atoms with Gasteiger partial charge in [-0.1, -0.05) is 18.2 Å². The molecule has 1 amide bonds. The molecule has 1 aromatic carbocycles. The fourth-order valence-corrected chi connectivity index (χ4v) is 1.40. The molecule has 0 unspecified atom stereocenters. The van der Waals surface area contributed by atoms with Crippen LogP contribution in [0.4, 0.5) is 5.69 Å². The Morgan fingerprint density at radius 2 is 2.19 bits per heavy atom. The molecule has 0 aromatic heterocycles. The van der Waals surface area contributed by atoms with E-state index in [1.54, 1.807) is 6.92 Å². The summed E-state index contributed by atoms with van der Waals surface area (Å²) in [6.45, 7) is 1.72. The summed E-state index contributed by atoms with van der Waals surface area (Å²) in [6.07, 6.45) is 1.01. The number of aliphatic hydroxyl groups is 1. The molecule has 1 aromatic rings. The minimum Gasteiger partial charge on any atom is -0.399 e. The van der Waals surface area contributed by atoms with Gasteiger partial charge < -0.3 is 16.2 Å². The molecule has 4 heteroatoms. The Kier molecular flexibility index (Phi) is 4.79. The summed E-state index contributed by atoms with van der Waals surface area (Å²) >= 11 is 0. The molecule has 0 aliphatic heterocycles. The summed E-state index contributed by atoms with van der Waals surface area (Å²) in [7, 11) is 0. The van der Waals surface area contributed by atoms with E-state index >= 15 is 0 Å². The number of nitrogen functional groups attached to an aromatic ring is 1. The van der Waals surface area contributed by atoms with Gasteiger partial charge in [0.1, 0.15) is 0 Å². The smallest absolute Gasteiger partial charge is 0.220 e. The topological polar surface area (TPSA) is 75.3 Å². The van der Waals surface area contributed by atoms with Crippen LogP contribution in [-0.4, -0.2) is 23.7 Å². The number of anilines is 1. The second-order valence-electron chi connectivity index (χ2n) is 3.85. The van der Waals surface area contributed by atoms with Crippen LogP contribution in [-0.2, 0) is 11.2 Å². The highest BCUT2D eigenvalue weighted by molar-refractivity contribution is 5.76. The van der Waals surface area contributed by atoms with Crippen molar-refractivity contribution in [3.05, 3.63) is 29.8 Å². The van der Waals surface area contributed by atoms with Crippen molar-refractivity contribution >= 4 is 11.6 Å². The number of aryl methyl sites for hydroxylation is 1. The molecular weight excluding hydrogens is 204 g/mol. The molecule has 0 radical (unpaired) electrons. The number of aliphatic hydroxyl groups excluding tert-OH is 1. The van der Waals surface area contributed by atoms with Crippen molar-refractivity contribution in [2.45, 2.75) is 25.8 Å². The number of para-hydroxylation sites is 1. The molecular formula is C12H18N2O2. The van der Waals surface area contributed by atoms with Gasteiger partial charge in [-0.05, 0) is 25.0 Å². The molecule has 0 saturated carbocycles. The zero-order chi connectivity index (χ0) is 12.0. The van der Waals surface area contributed by atoms with Crippen LogP contribution in [0, 0.1) is 0 Å². The molecule has 0 aliphatic rings. The number of carbonyl (C=O) groups excluding carboxylic acids is 1. The van der Waals surface area contributed by atoms with E-state index < -0.39 is 0 Å². The molecule has 4 nitrogen and oxygen atoms in total. The third kappa shape index (κ3) is 3.90. The highest BCUT2D eigenvalue weighted by Gasteiger charge is 2.07. The van der Waals surface area contributed by atoms with Crippen LogP contribution in [0.1, 0.15) is 18.9 Å². The monoisotopic (exact) mass is 222 g/mol. The van der Waals surface area contributed by atoms with E-state index in [1.807, 2.05) is 24.3 Å². The van der Waals surface area contributed by atoms with Crippen molar-refractivity contribution in [3.63, 3.8) is 0 Å². The third-order valence-corrected chi connectivity index (χ3v) is 2.36. The van der Waals surface area contributed by atoms with Crippen LogP contribution in [0.2, 0.25) is 0 Å². The zero-order valence-electron chi connectivity index (χ0n) is 9.44. The third-order valence-electron chi connectivity index (χ3n) is 2.36. The Balaban J connectivity index is 2.40. The second kappa shape index (κ2) is 6.12. The number of hydrogen-bond acceptors (Lipinski definition) is 3. The molecule has 4 N–H and O–H groups in total. The first-order chi connectivity index (χ1) is 7.63. The van der Waals surface area contributed by atoms with E-state index in [0.29, 0.717) is 18.5 Å². The van der Waals surface area contributed by atoms with E-state index in [4.69, 9.17) is 10.8 Å². The van der Waals surface area contributed by atoms with E-state index in [9.17, 15) is 4.79 Å². The van der Waals surface area contributed by atoms with E-state index in [1.165, 1.54) is 0 Å². The van der Waals surface area contributed by atoms with Crippen LogP contribution in [0.3, 0.4) is 0 Å². The summed E-state index contributed by atoms with van der Waals surface area (Å²) in [4.78, 5) is 11.4. The standard InChI is InChI=1S/C12H18N2O2/c1-9(8-15)14-12(16)7-6-10-4-2-3-5-11(10)13/h2-5,9,15H,6-8,13H2,1H3,(H,14,16)/t9-/m1/s1. The summed E-state index contributed by atoms with van der Waals surface area (Å²) in [6, 6.07) is 7.31. The lowest BCUT2D eigenvalue weighted by Crippen LogP contribution is -2.35. The maximum atomic E-state index is 11.4. The van der Waals surface area contributed by atoms with Crippen LogP contribution in [0.25, 0.3) is 0 Å². The average molecular weight is 222 g/mol. The second-order valence-corrected chi connectivity index (χ2v) is 3.85. The van der Waals surface area contributed by atoms with Gasteiger partial charge in [0.05, 0.1) is 6.61 Å². The van der Waals surface area contributed by atoms with Crippen molar-refractivity contribution < 1.29 is 9.90 Å². The fraction of sp³-hybridized carbons (Fsp3) is 0.417. The van der Waals surface area contributed by atoms with E-state index in [0.717, 1.165) is 5.56 Å². The number of carbonyl (C=O) groups is 1. The maximum Gasteiger partial charge on any atom is 0.220 e. The normalized spacial score (nSPS) is 12.1. The van der Waals surface area contributed by atoms with Gasteiger partial charge in [0.25, 0.3) is 0 Å². The SMILES string of the molecule is C[C@H](CO)NC(=O)CCc1ccccc1N.